The number of rotatable bonds is 2. The zero-order valence-electron chi connectivity index (χ0n) is 12.3. The van der Waals surface area contributed by atoms with E-state index in [1.54, 1.807) is 0 Å². The highest BCUT2D eigenvalue weighted by Crippen LogP contribution is 2.34. The van der Waals surface area contributed by atoms with Crippen LogP contribution in [0.15, 0.2) is 42.5 Å². The molecule has 0 radical (unpaired) electrons. The molecule has 0 saturated heterocycles. The fourth-order valence-electron chi connectivity index (χ4n) is 3.23. The van der Waals surface area contributed by atoms with Gasteiger partial charge < -0.3 is 15.4 Å². The summed E-state index contributed by atoms with van der Waals surface area (Å²) in [6, 6.07) is 13.9. The van der Waals surface area contributed by atoms with Gasteiger partial charge in [0.05, 0.1) is 12.5 Å². The highest BCUT2D eigenvalue weighted by atomic mass is 16.5. The molecule has 0 aliphatic carbocycles. The molecule has 0 saturated carbocycles. The quantitative estimate of drug-likeness (QED) is 0.894. The van der Waals surface area contributed by atoms with Crippen molar-refractivity contribution in [1.29, 1.82) is 0 Å². The van der Waals surface area contributed by atoms with Gasteiger partial charge in [-0.15, -0.1) is 0 Å². The van der Waals surface area contributed by atoms with Gasteiger partial charge in [0.25, 0.3) is 0 Å². The standard InChI is InChI=1S/C18H18N2O2/c21-18(15-8-10-22-17-4-2-1-3-14(15)17)20-13-5-6-16-12(11-13)7-9-19-16/h1-6,11,15,19H,7-10H2,(H,20,21). The van der Waals surface area contributed by atoms with E-state index in [1.165, 1.54) is 11.3 Å². The molecule has 0 fully saturated rings. The van der Waals surface area contributed by atoms with Crippen LogP contribution < -0.4 is 15.4 Å². The maximum Gasteiger partial charge on any atom is 0.232 e. The van der Waals surface area contributed by atoms with E-state index in [0.29, 0.717) is 6.61 Å². The molecule has 0 aromatic heterocycles. The van der Waals surface area contributed by atoms with Crippen LogP contribution in [0.3, 0.4) is 0 Å². The van der Waals surface area contributed by atoms with E-state index in [2.05, 4.69) is 16.7 Å². The second-order valence-electron chi connectivity index (χ2n) is 5.77. The number of carbonyl (C=O) groups excluding carboxylic acids is 1. The van der Waals surface area contributed by atoms with Gasteiger partial charge >= 0.3 is 0 Å². The summed E-state index contributed by atoms with van der Waals surface area (Å²) in [5.74, 6) is 0.727. The van der Waals surface area contributed by atoms with Gasteiger partial charge in [0.15, 0.2) is 0 Å². The number of anilines is 2. The summed E-state index contributed by atoms with van der Waals surface area (Å²) in [6.07, 6.45) is 1.73. The number of hydrogen-bond acceptors (Lipinski definition) is 3. The highest BCUT2D eigenvalue weighted by Gasteiger charge is 2.27. The first-order valence-electron chi connectivity index (χ1n) is 7.71. The molecule has 1 amide bonds. The van der Waals surface area contributed by atoms with Crippen molar-refractivity contribution in [3.05, 3.63) is 53.6 Å². The zero-order valence-corrected chi connectivity index (χ0v) is 12.3. The van der Waals surface area contributed by atoms with Crippen molar-refractivity contribution in [3.8, 4) is 5.75 Å². The van der Waals surface area contributed by atoms with Gasteiger partial charge in [-0.2, -0.15) is 0 Å². The Morgan fingerprint density at radius 2 is 2.14 bits per heavy atom. The number of nitrogens with one attached hydrogen (secondary N) is 2. The number of fused-ring (bicyclic) bond motifs is 2. The third-order valence-corrected chi connectivity index (χ3v) is 4.36. The summed E-state index contributed by atoms with van der Waals surface area (Å²) < 4.78 is 5.63. The molecule has 2 aromatic rings. The van der Waals surface area contributed by atoms with Crippen LogP contribution in [0.1, 0.15) is 23.5 Å². The van der Waals surface area contributed by atoms with Gasteiger partial charge in [0.2, 0.25) is 5.91 Å². The van der Waals surface area contributed by atoms with Crippen molar-refractivity contribution in [2.75, 3.05) is 23.8 Å². The monoisotopic (exact) mass is 294 g/mol. The lowest BCUT2D eigenvalue weighted by Crippen LogP contribution is -2.26. The van der Waals surface area contributed by atoms with Crippen molar-refractivity contribution < 1.29 is 9.53 Å². The predicted molar refractivity (Wildman–Crippen MR) is 86.6 cm³/mol. The van der Waals surface area contributed by atoms with E-state index in [-0.39, 0.29) is 11.8 Å². The average Bonchev–Trinajstić information content (AvgIpc) is 3.02. The van der Waals surface area contributed by atoms with Crippen LogP contribution in [0.2, 0.25) is 0 Å². The Hall–Kier alpha value is -2.49. The number of ether oxygens (including phenoxy) is 1. The Labute approximate surface area is 129 Å². The number of para-hydroxylation sites is 1. The van der Waals surface area contributed by atoms with Crippen molar-refractivity contribution in [2.24, 2.45) is 0 Å². The van der Waals surface area contributed by atoms with E-state index >= 15 is 0 Å². The van der Waals surface area contributed by atoms with E-state index in [1.807, 2.05) is 36.4 Å². The predicted octanol–water partition coefficient (Wildman–Crippen LogP) is 3.16. The second-order valence-corrected chi connectivity index (χ2v) is 5.77. The van der Waals surface area contributed by atoms with Crippen LogP contribution in [0.4, 0.5) is 11.4 Å². The lowest BCUT2D eigenvalue weighted by molar-refractivity contribution is -0.118. The second kappa shape index (κ2) is 5.37. The topological polar surface area (TPSA) is 50.4 Å². The fourth-order valence-corrected chi connectivity index (χ4v) is 3.23. The molecule has 2 aromatic carbocycles. The van der Waals surface area contributed by atoms with Crippen molar-refractivity contribution >= 4 is 17.3 Å². The molecule has 0 spiro atoms. The Balaban J connectivity index is 1.56. The first-order valence-corrected chi connectivity index (χ1v) is 7.71. The summed E-state index contributed by atoms with van der Waals surface area (Å²) >= 11 is 0. The van der Waals surface area contributed by atoms with E-state index in [0.717, 1.165) is 36.4 Å². The Kier molecular flexibility index (Phi) is 3.22. The maximum absolute atomic E-state index is 12.6. The van der Waals surface area contributed by atoms with Crippen molar-refractivity contribution in [3.63, 3.8) is 0 Å². The Morgan fingerprint density at radius 1 is 1.23 bits per heavy atom. The number of carbonyl (C=O) groups is 1. The minimum absolute atomic E-state index is 0.0432. The van der Waals surface area contributed by atoms with Crippen LogP contribution in [-0.4, -0.2) is 19.1 Å². The van der Waals surface area contributed by atoms with E-state index in [4.69, 9.17) is 4.74 Å². The summed E-state index contributed by atoms with van der Waals surface area (Å²) in [7, 11) is 0. The average molecular weight is 294 g/mol. The molecule has 2 N–H and O–H groups in total. The first-order chi connectivity index (χ1) is 10.8. The fraction of sp³-hybridized carbons (Fsp3) is 0.278. The lowest BCUT2D eigenvalue weighted by Gasteiger charge is -2.25. The number of hydrogen-bond donors (Lipinski definition) is 2. The third-order valence-electron chi connectivity index (χ3n) is 4.36. The maximum atomic E-state index is 12.6. The van der Waals surface area contributed by atoms with Crippen molar-refractivity contribution in [2.45, 2.75) is 18.8 Å². The lowest BCUT2D eigenvalue weighted by atomic mass is 9.92. The van der Waals surface area contributed by atoms with E-state index < -0.39 is 0 Å². The van der Waals surface area contributed by atoms with Crippen LogP contribution in [0.25, 0.3) is 0 Å². The van der Waals surface area contributed by atoms with Crippen LogP contribution in [0, 0.1) is 0 Å². The Morgan fingerprint density at radius 3 is 3.09 bits per heavy atom. The van der Waals surface area contributed by atoms with Crippen LogP contribution in [0.5, 0.6) is 5.75 Å². The molecular weight excluding hydrogens is 276 g/mol. The summed E-state index contributed by atoms with van der Waals surface area (Å²) in [6.45, 7) is 1.56. The molecule has 112 valence electrons. The highest BCUT2D eigenvalue weighted by molar-refractivity contribution is 5.96. The molecular formula is C18H18N2O2. The number of benzene rings is 2. The smallest absolute Gasteiger partial charge is 0.232 e. The van der Waals surface area contributed by atoms with E-state index in [9.17, 15) is 4.79 Å². The minimum Gasteiger partial charge on any atom is -0.493 e. The molecule has 2 aliphatic rings. The van der Waals surface area contributed by atoms with Crippen LogP contribution >= 0.6 is 0 Å². The molecule has 2 heterocycles. The largest absolute Gasteiger partial charge is 0.493 e. The Bertz CT molecular complexity index is 727. The first kappa shape index (κ1) is 13.2. The van der Waals surface area contributed by atoms with Gasteiger partial charge in [0, 0.05) is 23.5 Å². The zero-order chi connectivity index (χ0) is 14.9. The number of amides is 1. The van der Waals surface area contributed by atoms with Crippen molar-refractivity contribution in [1.82, 2.24) is 0 Å². The molecule has 1 atom stereocenters. The van der Waals surface area contributed by atoms with Gasteiger partial charge in [-0.25, -0.2) is 0 Å². The van der Waals surface area contributed by atoms with Gasteiger partial charge in [-0.3, -0.25) is 4.79 Å². The molecule has 4 rings (SSSR count). The van der Waals surface area contributed by atoms with Gasteiger partial charge in [0.1, 0.15) is 5.75 Å². The molecule has 2 aliphatic heterocycles. The molecule has 4 nitrogen and oxygen atoms in total. The third kappa shape index (κ3) is 2.30. The normalized spacial score (nSPS) is 18.6. The summed E-state index contributed by atoms with van der Waals surface area (Å²) in [5, 5.41) is 6.39. The molecule has 4 heteroatoms. The molecule has 0 bridgehead atoms. The molecule has 22 heavy (non-hydrogen) atoms. The van der Waals surface area contributed by atoms with Crippen LogP contribution in [-0.2, 0) is 11.2 Å². The minimum atomic E-state index is -0.142. The summed E-state index contributed by atoms with van der Waals surface area (Å²) in [4.78, 5) is 12.6. The van der Waals surface area contributed by atoms with Gasteiger partial charge in [-0.05, 0) is 42.7 Å². The SMILES string of the molecule is O=C(Nc1ccc2c(c1)CCN2)C1CCOc2ccccc21. The van der Waals surface area contributed by atoms with Gasteiger partial charge in [-0.1, -0.05) is 18.2 Å². The molecule has 1 unspecified atom stereocenters. The summed E-state index contributed by atoms with van der Waals surface area (Å²) in [5.41, 5.74) is 4.30.